The van der Waals surface area contributed by atoms with Crippen molar-refractivity contribution in [2.75, 3.05) is 31.1 Å². The second kappa shape index (κ2) is 5.87. The standard InChI is InChI=1S/C14H20FN3/c1-2-3-17-4-6-18(7-5-17)14-9-12(11-16)8-13(15)10-14/h2-3,8-10H,4-7,11,16H2,1H3/b3-2+. The number of nitrogens with zero attached hydrogens (tertiary/aromatic N) is 2. The third-order valence-electron chi connectivity index (χ3n) is 3.22. The quantitative estimate of drug-likeness (QED) is 0.888. The minimum Gasteiger partial charge on any atom is -0.374 e. The summed E-state index contributed by atoms with van der Waals surface area (Å²) in [5.74, 6) is -0.205. The lowest BCUT2D eigenvalue weighted by Gasteiger charge is -2.35. The van der Waals surface area contributed by atoms with Gasteiger partial charge in [0.2, 0.25) is 0 Å². The molecule has 0 atom stereocenters. The number of allylic oxidation sites excluding steroid dienone is 1. The van der Waals surface area contributed by atoms with Crippen molar-refractivity contribution in [1.29, 1.82) is 0 Å². The molecule has 1 aliphatic heterocycles. The highest BCUT2D eigenvalue weighted by Crippen LogP contribution is 2.20. The summed E-state index contributed by atoms with van der Waals surface area (Å²) in [6.45, 7) is 6.17. The smallest absolute Gasteiger partial charge is 0.125 e. The fraction of sp³-hybridized carbons (Fsp3) is 0.429. The monoisotopic (exact) mass is 249 g/mol. The van der Waals surface area contributed by atoms with Crippen LogP contribution < -0.4 is 10.6 Å². The van der Waals surface area contributed by atoms with Gasteiger partial charge in [0, 0.05) is 38.4 Å². The molecule has 0 radical (unpaired) electrons. The summed E-state index contributed by atoms with van der Waals surface area (Å²) in [6.07, 6.45) is 4.15. The maximum Gasteiger partial charge on any atom is 0.125 e. The summed E-state index contributed by atoms with van der Waals surface area (Å²) in [4.78, 5) is 4.49. The number of halogens is 1. The average molecular weight is 249 g/mol. The summed E-state index contributed by atoms with van der Waals surface area (Å²) in [5, 5.41) is 0. The largest absolute Gasteiger partial charge is 0.374 e. The van der Waals surface area contributed by atoms with Gasteiger partial charge in [-0.1, -0.05) is 6.08 Å². The molecule has 0 unspecified atom stereocenters. The van der Waals surface area contributed by atoms with Crippen molar-refractivity contribution < 1.29 is 4.39 Å². The van der Waals surface area contributed by atoms with Gasteiger partial charge in [0.1, 0.15) is 5.82 Å². The highest BCUT2D eigenvalue weighted by atomic mass is 19.1. The molecule has 0 amide bonds. The van der Waals surface area contributed by atoms with Crippen LogP contribution in [-0.4, -0.2) is 31.1 Å². The first-order valence-corrected chi connectivity index (χ1v) is 6.34. The zero-order chi connectivity index (χ0) is 13.0. The lowest BCUT2D eigenvalue weighted by molar-refractivity contribution is 0.348. The molecule has 1 saturated heterocycles. The molecule has 0 bridgehead atoms. The van der Waals surface area contributed by atoms with Crippen molar-refractivity contribution in [2.24, 2.45) is 5.73 Å². The molecule has 4 heteroatoms. The molecular formula is C14H20FN3. The van der Waals surface area contributed by atoms with Gasteiger partial charge in [0.25, 0.3) is 0 Å². The van der Waals surface area contributed by atoms with Gasteiger partial charge in [0.05, 0.1) is 0 Å². The zero-order valence-corrected chi connectivity index (χ0v) is 10.8. The normalized spacial score (nSPS) is 16.6. The van der Waals surface area contributed by atoms with Crippen LogP contribution in [0, 0.1) is 5.82 Å². The van der Waals surface area contributed by atoms with Crippen LogP contribution in [0.25, 0.3) is 0 Å². The molecule has 3 nitrogen and oxygen atoms in total. The van der Waals surface area contributed by atoms with E-state index < -0.39 is 0 Å². The van der Waals surface area contributed by atoms with Crippen LogP contribution in [0.1, 0.15) is 12.5 Å². The van der Waals surface area contributed by atoms with Gasteiger partial charge in [-0.25, -0.2) is 4.39 Å². The van der Waals surface area contributed by atoms with Crippen molar-refractivity contribution in [3.63, 3.8) is 0 Å². The number of piperazine rings is 1. The molecule has 1 aromatic rings. The lowest BCUT2D eigenvalue weighted by atomic mass is 10.1. The predicted octanol–water partition coefficient (Wildman–Crippen LogP) is 1.94. The molecule has 1 heterocycles. The summed E-state index contributed by atoms with van der Waals surface area (Å²) in [7, 11) is 0. The molecule has 0 aliphatic carbocycles. The Morgan fingerprint density at radius 1 is 1.22 bits per heavy atom. The Hall–Kier alpha value is -1.55. The molecular weight excluding hydrogens is 229 g/mol. The summed E-state index contributed by atoms with van der Waals surface area (Å²) < 4.78 is 13.5. The van der Waals surface area contributed by atoms with E-state index in [2.05, 4.69) is 16.0 Å². The van der Waals surface area contributed by atoms with Gasteiger partial charge in [-0.2, -0.15) is 0 Å². The van der Waals surface area contributed by atoms with Gasteiger partial charge >= 0.3 is 0 Å². The van der Waals surface area contributed by atoms with Crippen molar-refractivity contribution in [1.82, 2.24) is 4.90 Å². The SMILES string of the molecule is C/C=C/N1CCN(c2cc(F)cc(CN)c2)CC1. The topological polar surface area (TPSA) is 32.5 Å². The molecule has 2 rings (SSSR count). The first-order chi connectivity index (χ1) is 8.72. The fourth-order valence-electron chi connectivity index (χ4n) is 2.27. The highest BCUT2D eigenvalue weighted by molar-refractivity contribution is 5.49. The second-order valence-corrected chi connectivity index (χ2v) is 4.53. The van der Waals surface area contributed by atoms with Crippen LogP contribution in [-0.2, 0) is 6.54 Å². The van der Waals surface area contributed by atoms with Crippen LogP contribution in [0.15, 0.2) is 30.5 Å². The van der Waals surface area contributed by atoms with Crippen LogP contribution in [0.4, 0.5) is 10.1 Å². The zero-order valence-electron chi connectivity index (χ0n) is 10.8. The molecule has 0 spiro atoms. The average Bonchev–Trinajstić information content (AvgIpc) is 2.39. The first kappa shape index (κ1) is 12.9. The highest BCUT2D eigenvalue weighted by Gasteiger charge is 2.15. The number of hydrogen-bond donors (Lipinski definition) is 1. The van der Waals surface area contributed by atoms with Crippen LogP contribution >= 0.6 is 0 Å². The predicted molar refractivity (Wildman–Crippen MR) is 72.9 cm³/mol. The number of rotatable bonds is 3. The Morgan fingerprint density at radius 3 is 2.56 bits per heavy atom. The third-order valence-corrected chi connectivity index (χ3v) is 3.22. The summed E-state index contributed by atoms with van der Waals surface area (Å²) in [5.41, 5.74) is 7.36. The minimum absolute atomic E-state index is 0.205. The number of benzene rings is 1. The molecule has 2 N–H and O–H groups in total. The first-order valence-electron chi connectivity index (χ1n) is 6.34. The van der Waals surface area contributed by atoms with Gasteiger partial charge in [-0.3, -0.25) is 0 Å². The van der Waals surface area contributed by atoms with E-state index in [0.29, 0.717) is 6.54 Å². The minimum atomic E-state index is -0.205. The molecule has 0 saturated carbocycles. The van der Waals surface area contributed by atoms with Crippen LogP contribution in [0.2, 0.25) is 0 Å². The summed E-state index contributed by atoms with van der Waals surface area (Å²) >= 11 is 0. The van der Waals surface area contributed by atoms with Crippen LogP contribution in [0.5, 0.6) is 0 Å². The van der Waals surface area contributed by atoms with E-state index in [9.17, 15) is 4.39 Å². The van der Waals surface area contributed by atoms with Crippen molar-refractivity contribution in [2.45, 2.75) is 13.5 Å². The lowest BCUT2D eigenvalue weighted by Crippen LogP contribution is -2.44. The Bertz CT molecular complexity index is 423. The van der Waals surface area contributed by atoms with E-state index >= 15 is 0 Å². The Morgan fingerprint density at radius 2 is 1.94 bits per heavy atom. The van der Waals surface area contributed by atoms with Crippen molar-refractivity contribution >= 4 is 5.69 Å². The molecule has 98 valence electrons. The number of anilines is 1. The maximum atomic E-state index is 13.5. The second-order valence-electron chi connectivity index (χ2n) is 4.53. The van der Waals surface area contributed by atoms with Gasteiger partial charge < -0.3 is 15.5 Å². The van der Waals surface area contributed by atoms with E-state index in [1.54, 1.807) is 6.07 Å². The van der Waals surface area contributed by atoms with E-state index in [1.807, 2.05) is 19.1 Å². The van der Waals surface area contributed by atoms with Crippen LogP contribution in [0.3, 0.4) is 0 Å². The third kappa shape index (κ3) is 3.01. The molecule has 1 aromatic carbocycles. The molecule has 18 heavy (non-hydrogen) atoms. The van der Waals surface area contributed by atoms with E-state index in [0.717, 1.165) is 37.4 Å². The molecule has 1 fully saturated rings. The Labute approximate surface area is 108 Å². The number of hydrogen-bond acceptors (Lipinski definition) is 3. The summed E-state index contributed by atoms with van der Waals surface area (Å²) in [6, 6.07) is 5.07. The Kier molecular flexibility index (Phi) is 4.20. The maximum absolute atomic E-state index is 13.5. The fourth-order valence-corrected chi connectivity index (χ4v) is 2.27. The Balaban J connectivity index is 2.07. The van der Waals surface area contributed by atoms with E-state index in [-0.39, 0.29) is 5.82 Å². The van der Waals surface area contributed by atoms with Crippen molar-refractivity contribution in [3.8, 4) is 0 Å². The molecule has 0 aromatic heterocycles. The van der Waals surface area contributed by atoms with Gasteiger partial charge in [-0.15, -0.1) is 0 Å². The van der Waals surface area contributed by atoms with Gasteiger partial charge in [-0.05, 0) is 36.9 Å². The van der Waals surface area contributed by atoms with E-state index in [1.165, 1.54) is 6.07 Å². The molecule has 1 aliphatic rings. The van der Waals surface area contributed by atoms with Crippen molar-refractivity contribution in [3.05, 3.63) is 41.9 Å². The van der Waals surface area contributed by atoms with E-state index in [4.69, 9.17) is 5.73 Å². The van der Waals surface area contributed by atoms with Gasteiger partial charge in [0.15, 0.2) is 0 Å². The number of nitrogens with two attached hydrogens (primary N) is 1.